The van der Waals surface area contributed by atoms with Gasteiger partial charge in [0.05, 0.1) is 13.2 Å². The number of rotatable bonds is 10. The Morgan fingerprint density at radius 3 is 1.95 bits per heavy atom. The van der Waals surface area contributed by atoms with Gasteiger partial charge in [0.15, 0.2) is 5.41 Å². The lowest BCUT2D eigenvalue weighted by molar-refractivity contribution is -0.172. The highest BCUT2D eigenvalue weighted by molar-refractivity contribution is 6.00. The topological polar surface area (TPSA) is 52.6 Å². The third kappa shape index (κ3) is 6.15. The zero-order valence-electron chi connectivity index (χ0n) is 13.7. The smallest absolute Gasteiger partial charge is 0.323 e. The summed E-state index contributed by atoms with van der Waals surface area (Å²) in [7, 11) is 0. The van der Waals surface area contributed by atoms with Crippen molar-refractivity contribution in [3.8, 4) is 0 Å². The molecule has 4 heteroatoms. The molecule has 0 saturated heterocycles. The fraction of sp³-hybridized carbons (Fsp3) is 0.647. The predicted molar refractivity (Wildman–Crippen MR) is 83.8 cm³/mol. The first-order valence-corrected chi connectivity index (χ1v) is 7.69. The minimum atomic E-state index is -1.24. The quantitative estimate of drug-likeness (QED) is 0.349. The fourth-order valence-electron chi connectivity index (χ4n) is 2.04. The molecule has 0 spiro atoms. The number of hydrogen-bond acceptors (Lipinski definition) is 4. The molecule has 0 saturated carbocycles. The standard InChI is InChI=1S/C17H28O4/c1-5-9-11-13-17(14-12-10-6-2,15(18)20-7-3)16(19)21-8-4/h5,9-10,12H,6-8,11,13-14H2,1-4H3/b9-5+,12-10+. The van der Waals surface area contributed by atoms with Gasteiger partial charge in [0.1, 0.15) is 0 Å². The van der Waals surface area contributed by atoms with E-state index in [1.807, 2.05) is 38.2 Å². The van der Waals surface area contributed by atoms with Crippen LogP contribution in [-0.4, -0.2) is 25.2 Å². The summed E-state index contributed by atoms with van der Waals surface area (Å²) in [6.07, 6.45) is 9.86. The molecule has 0 unspecified atom stereocenters. The van der Waals surface area contributed by atoms with E-state index in [0.29, 0.717) is 19.3 Å². The van der Waals surface area contributed by atoms with E-state index in [9.17, 15) is 9.59 Å². The summed E-state index contributed by atoms with van der Waals surface area (Å²) in [5, 5.41) is 0. The first kappa shape index (κ1) is 19.4. The van der Waals surface area contributed by atoms with Crippen LogP contribution in [0.3, 0.4) is 0 Å². The Morgan fingerprint density at radius 2 is 1.52 bits per heavy atom. The van der Waals surface area contributed by atoms with E-state index in [2.05, 4.69) is 0 Å². The van der Waals surface area contributed by atoms with Gasteiger partial charge in [0.2, 0.25) is 0 Å². The van der Waals surface area contributed by atoms with Gasteiger partial charge >= 0.3 is 11.9 Å². The van der Waals surface area contributed by atoms with Gasteiger partial charge in [0.25, 0.3) is 0 Å². The second kappa shape index (κ2) is 11.1. The first-order valence-electron chi connectivity index (χ1n) is 7.69. The van der Waals surface area contributed by atoms with Gasteiger partial charge in [-0.05, 0) is 46.5 Å². The Morgan fingerprint density at radius 1 is 0.952 bits per heavy atom. The van der Waals surface area contributed by atoms with Crippen LogP contribution in [0.1, 0.15) is 53.4 Å². The van der Waals surface area contributed by atoms with Gasteiger partial charge in [-0.15, -0.1) is 0 Å². The van der Waals surface area contributed by atoms with Gasteiger partial charge in [-0.25, -0.2) is 0 Å². The molecule has 120 valence electrons. The minimum absolute atomic E-state index is 0.251. The molecule has 0 aromatic rings. The molecule has 0 aromatic carbocycles. The third-order valence-electron chi connectivity index (χ3n) is 3.17. The van der Waals surface area contributed by atoms with Crippen molar-refractivity contribution in [1.82, 2.24) is 0 Å². The summed E-state index contributed by atoms with van der Waals surface area (Å²) in [5.41, 5.74) is -1.24. The summed E-state index contributed by atoms with van der Waals surface area (Å²) in [5.74, 6) is -0.984. The summed E-state index contributed by atoms with van der Waals surface area (Å²) in [4.78, 5) is 24.8. The molecular formula is C17H28O4. The normalized spacial score (nSPS) is 12.0. The van der Waals surface area contributed by atoms with Crippen LogP contribution in [0.4, 0.5) is 0 Å². The van der Waals surface area contributed by atoms with E-state index >= 15 is 0 Å². The Bertz CT molecular complexity index is 351. The third-order valence-corrected chi connectivity index (χ3v) is 3.17. The Kier molecular flexibility index (Phi) is 10.3. The molecule has 21 heavy (non-hydrogen) atoms. The molecule has 0 aromatic heterocycles. The molecule has 0 aliphatic heterocycles. The molecule has 0 heterocycles. The maximum absolute atomic E-state index is 12.4. The molecule has 0 radical (unpaired) electrons. The van der Waals surface area contributed by atoms with Gasteiger partial charge in [0, 0.05) is 0 Å². The molecule has 0 fully saturated rings. The number of carbonyl (C=O) groups excluding carboxylic acids is 2. The number of hydrogen-bond donors (Lipinski definition) is 0. The van der Waals surface area contributed by atoms with E-state index in [4.69, 9.17) is 9.47 Å². The van der Waals surface area contributed by atoms with Crippen LogP contribution in [0.5, 0.6) is 0 Å². The molecule has 4 nitrogen and oxygen atoms in total. The largest absolute Gasteiger partial charge is 0.465 e. The molecule has 0 bridgehead atoms. The minimum Gasteiger partial charge on any atom is -0.465 e. The predicted octanol–water partition coefficient (Wildman–Crippen LogP) is 3.81. The highest BCUT2D eigenvalue weighted by Gasteiger charge is 2.47. The second-order valence-corrected chi connectivity index (χ2v) is 4.71. The lowest BCUT2D eigenvalue weighted by Crippen LogP contribution is -2.41. The van der Waals surface area contributed by atoms with Crippen LogP contribution in [0.2, 0.25) is 0 Å². The zero-order valence-corrected chi connectivity index (χ0v) is 13.7. The highest BCUT2D eigenvalue weighted by atomic mass is 16.6. The molecule has 0 rings (SSSR count). The number of allylic oxidation sites excluding steroid dienone is 4. The second-order valence-electron chi connectivity index (χ2n) is 4.71. The summed E-state index contributed by atoms with van der Waals surface area (Å²) in [6.45, 7) is 7.89. The van der Waals surface area contributed by atoms with Crippen molar-refractivity contribution < 1.29 is 19.1 Å². The Labute approximate surface area is 128 Å². The van der Waals surface area contributed by atoms with Gasteiger partial charge < -0.3 is 9.47 Å². The zero-order chi connectivity index (χ0) is 16.1. The van der Waals surface area contributed by atoms with E-state index in [-0.39, 0.29) is 13.2 Å². The van der Waals surface area contributed by atoms with Crippen molar-refractivity contribution in [1.29, 1.82) is 0 Å². The molecule has 0 aliphatic rings. The van der Waals surface area contributed by atoms with Gasteiger partial charge in [-0.2, -0.15) is 0 Å². The highest BCUT2D eigenvalue weighted by Crippen LogP contribution is 2.33. The first-order chi connectivity index (χ1) is 10.1. The van der Waals surface area contributed by atoms with Crippen LogP contribution in [-0.2, 0) is 19.1 Å². The average Bonchev–Trinajstić information content (AvgIpc) is 2.46. The van der Waals surface area contributed by atoms with Crippen molar-refractivity contribution in [2.24, 2.45) is 5.41 Å². The molecule has 0 N–H and O–H groups in total. The molecule has 0 aliphatic carbocycles. The van der Waals surface area contributed by atoms with E-state index in [1.165, 1.54) is 0 Å². The van der Waals surface area contributed by atoms with E-state index < -0.39 is 17.4 Å². The molecule has 0 amide bonds. The van der Waals surface area contributed by atoms with E-state index in [0.717, 1.165) is 6.42 Å². The van der Waals surface area contributed by atoms with E-state index in [1.54, 1.807) is 13.8 Å². The van der Waals surface area contributed by atoms with Crippen LogP contribution < -0.4 is 0 Å². The maximum atomic E-state index is 12.4. The van der Waals surface area contributed by atoms with Crippen LogP contribution in [0.15, 0.2) is 24.3 Å². The number of ether oxygens (including phenoxy) is 2. The fourth-order valence-corrected chi connectivity index (χ4v) is 2.04. The Balaban J connectivity index is 5.39. The SMILES string of the molecule is C/C=C/CCC(C/C=C/CC)(C(=O)OCC)C(=O)OCC. The van der Waals surface area contributed by atoms with Crippen molar-refractivity contribution >= 4 is 11.9 Å². The summed E-state index contributed by atoms with van der Waals surface area (Å²) >= 11 is 0. The molecule has 0 atom stereocenters. The molecular weight excluding hydrogens is 268 g/mol. The van der Waals surface area contributed by atoms with Crippen LogP contribution >= 0.6 is 0 Å². The Hall–Kier alpha value is -1.58. The monoisotopic (exact) mass is 296 g/mol. The lowest BCUT2D eigenvalue weighted by atomic mass is 9.79. The van der Waals surface area contributed by atoms with Crippen molar-refractivity contribution in [3.63, 3.8) is 0 Å². The summed E-state index contributed by atoms with van der Waals surface area (Å²) in [6, 6.07) is 0. The number of carbonyl (C=O) groups is 2. The van der Waals surface area contributed by atoms with Gasteiger partial charge in [-0.1, -0.05) is 31.2 Å². The van der Waals surface area contributed by atoms with Crippen molar-refractivity contribution in [2.45, 2.75) is 53.4 Å². The van der Waals surface area contributed by atoms with Crippen molar-refractivity contribution in [2.75, 3.05) is 13.2 Å². The number of esters is 2. The average molecular weight is 296 g/mol. The van der Waals surface area contributed by atoms with Crippen molar-refractivity contribution in [3.05, 3.63) is 24.3 Å². The lowest BCUT2D eigenvalue weighted by Gasteiger charge is -2.27. The van der Waals surface area contributed by atoms with Gasteiger partial charge in [-0.3, -0.25) is 9.59 Å². The van der Waals surface area contributed by atoms with Crippen LogP contribution in [0.25, 0.3) is 0 Å². The van der Waals surface area contributed by atoms with Crippen LogP contribution in [0, 0.1) is 5.41 Å². The maximum Gasteiger partial charge on any atom is 0.323 e. The summed E-state index contributed by atoms with van der Waals surface area (Å²) < 4.78 is 10.3.